The molecule has 30 heavy (non-hydrogen) atoms. The molecule has 6 nitrogen and oxygen atoms in total. The predicted molar refractivity (Wildman–Crippen MR) is 117 cm³/mol. The Morgan fingerprint density at radius 3 is 2.40 bits per heavy atom. The first-order valence-electron chi connectivity index (χ1n) is 9.34. The van der Waals surface area contributed by atoms with Gasteiger partial charge in [-0.1, -0.05) is 23.7 Å². The summed E-state index contributed by atoms with van der Waals surface area (Å²) in [6.45, 7) is 5.34. The van der Waals surface area contributed by atoms with Crippen molar-refractivity contribution in [3.05, 3.63) is 64.4 Å². The van der Waals surface area contributed by atoms with Crippen LogP contribution in [-0.4, -0.2) is 45.4 Å². The van der Waals surface area contributed by atoms with E-state index in [-0.39, 0.29) is 33.9 Å². The van der Waals surface area contributed by atoms with Crippen molar-refractivity contribution < 1.29 is 17.6 Å². The quantitative estimate of drug-likeness (QED) is 0.668. The molecule has 0 bridgehead atoms. The topological polar surface area (TPSA) is 78.5 Å². The predicted octanol–water partition coefficient (Wildman–Crippen LogP) is 3.59. The molecule has 0 saturated heterocycles. The monoisotopic (exact) mass is 455 g/mol. The Morgan fingerprint density at radius 2 is 1.83 bits per heavy atom. The maximum Gasteiger partial charge on any atom is 0.251 e. The lowest BCUT2D eigenvalue weighted by atomic mass is 10.1. The number of hydrogen-bond donors (Lipinski definition) is 2. The van der Waals surface area contributed by atoms with Crippen molar-refractivity contribution in [2.75, 3.05) is 20.6 Å². The van der Waals surface area contributed by atoms with Gasteiger partial charge in [0.1, 0.15) is 10.7 Å². The second-order valence-electron chi connectivity index (χ2n) is 8.25. The van der Waals surface area contributed by atoms with Gasteiger partial charge in [-0.15, -0.1) is 0 Å². The molecule has 0 aromatic heterocycles. The van der Waals surface area contributed by atoms with E-state index in [1.165, 1.54) is 30.3 Å². The van der Waals surface area contributed by atoms with Crippen molar-refractivity contribution >= 4 is 27.5 Å². The summed E-state index contributed by atoms with van der Waals surface area (Å²) >= 11 is 6.09. The standard InChI is InChI=1S/C21H27ClFN3O3S/c1-21(2,3)25-30(28,29)19-12-15(9-10-17(19)22)20(27)24-13-18(26(4)5)14-7-6-8-16(23)11-14/h6-12,18,25H,13H2,1-5H3,(H,24,27). The molecule has 2 aromatic carbocycles. The summed E-state index contributed by atoms with van der Waals surface area (Å²) in [5, 5.41) is 2.81. The summed E-state index contributed by atoms with van der Waals surface area (Å²) in [5.41, 5.74) is 0.170. The zero-order chi connectivity index (χ0) is 22.7. The van der Waals surface area contributed by atoms with Crippen LogP contribution in [0.25, 0.3) is 0 Å². The molecular weight excluding hydrogens is 429 g/mol. The molecule has 1 atom stereocenters. The third-order valence-corrected chi connectivity index (χ3v) is 6.48. The lowest BCUT2D eigenvalue weighted by Crippen LogP contribution is -2.40. The Balaban J connectivity index is 2.23. The van der Waals surface area contributed by atoms with Crippen LogP contribution >= 0.6 is 11.6 Å². The SMILES string of the molecule is CN(C)C(CNC(=O)c1ccc(Cl)c(S(=O)(=O)NC(C)(C)C)c1)c1cccc(F)c1. The van der Waals surface area contributed by atoms with E-state index >= 15 is 0 Å². The first-order valence-corrected chi connectivity index (χ1v) is 11.2. The second kappa shape index (κ2) is 9.43. The van der Waals surface area contributed by atoms with E-state index in [1.54, 1.807) is 32.9 Å². The van der Waals surface area contributed by atoms with Crippen LogP contribution in [-0.2, 0) is 10.0 Å². The smallest absolute Gasteiger partial charge is 0.251 e. The fourth-order valence-corrected chi connectivity index (χ4v) is 4.86. The number of amides is 1. The molecular formula is C21H27ClFN3O3S. The fourth-order valence-electron chi connectivity index (χ4n) is 2.91. The van der Waals surface area contributed by atoms with E-state index in [4.69, 9.17) is 11.6 Å². The molecule has 2 aromatic rings. The van der Waals surface area contributed by atoms with Gasteiger partial charge in [0.25, 0.3) is 5.91 Å². The molecule has 0 aliphatic carbocycles. The van der Waals surface area contributed by atoms with Crippen molar-refractivity contribution in [2.24, 2.45) is 0 Å². The zero-order valence-corrected chi connectivity index (χ0v) is 19.2. The molecule has 1 amide bonds. The lowest BCUT2D eigenvalue weighted by Gasteiger charge is -2.25. The van der Waals surface area contributed by atoms with Gasteiger partial charge in [-0.05, 0) is 70.8 Å². The average molecular weight is 456 g/mol. The van der Waals surface area contributed by atoms with E-state index in [2.05, 4.69) is 10.0 Å². The van der Waals surface area contributed by atoms with Gasteiger partial charge in [0, 0.05) is 17.6 Å². The highest BCUT2D eigenvalue weighted by Gasteiger charge is 2.25. The van der Waals surface area contributed by atoms with Crippen molar-refractivity contribution in [3.8, 4) is 0 Å². The van der Waals surface area contributed by atoms with Crippen molar-refractivity contribution in [3.63, 3.8) is 0 Å². The van der Waals surface area contributed by atoms with Crippen LogP contribution in [0.2, 0.25) is 5.02 Å². The molecule has 0 aliphatic heterocycles. The van der Waals surface area contributed by atoms with E-state index in [0.29, 0.717) is 5.56 Å². The highest BCUT2D eigenvalue weighted by Crippen LogP contribution is 2.24. The minimum absolute atomic E-state index is 0.0224. The van der Waals surface area contributed by atoms with Crippen LogP contribution in [0.4, 0.5) is 4.39 Å². The van der Waals surface area contributed by atoms with Crippen LogP contribution in [0.15, 0.2) is 47.4 Å². The van der Waals surface area contributed by atoms with Gasteiger partial charge >= 0.3 is 0 Å². The summed E-state index contributed by atoms with van der Waals surface area (Å²) in [5.74, 6) is -0.813. The number of benzene rings is 2. The van der Waals surface area contributed by atoms with Crippen LogP contribution in [0.5, 0.6) is 0 Å². The van der Waals surface area contributed by atoms with E-state index < -0.39 is 21.5 Å². The Hall–Kier alpha value is -2.00. The van der Waals surface area contributed by atoms with Gasteiger partial charge in [0.15, 0.2) is 0 Å². The number of hydrogen-bond acceptors (Lipinski definition) is 4. The van der Waals surface area contributed by atoms with Gasteiger partial charge in [0.05, 0.1) is 11.1 Å². The highest BCUT2D eigenvalue weighted by atomic mass is 35.5. The molecule has 2 rings (SSSR count). The fraction of sp³-hybridized carbons (Fsp3) is 0.381. The Labute approximate surface area is 182 Å². The van der Waals surface area contributed by atoms with E-state index in [0.717, 1.165) is 0 Å². The molecule has 0 heterocycles. The molecule has 9 heteroatoms. The number of nitrogens with one attached hydrogen (secondary N) is 2. The van der Waals surface area contributed by atoms with Gasteiger partial charge in [0.2, 0.25) is 10.0 Å². The molecule has 0 spiro atoms. The number of likely N-dealkylation sites (N-methyl/N-ethyl adjacent to an activating group) is 1. The van der Waals surface area contributed by atoms with Gasteiger partial charge in [-0.3, -0.25) is 4.79 Å². The molecule has 1 unspecified atom stereocenters. The van der Waals surface area contributed by atoms with Gasteiger partial charge in [-0.25, -0.2) is 17.5 Å². The van der Waals surface area contributed by atoms with Crippen molar-refractivity contribution in [1.82, 2.24) is 14.9 Å². The highest BCUT2D eigenvalue weighted by molar-refractivity contribution is 7.89. The Morgan fingerprint density at radius 1 is 1.17 bits per heavy atom. The Kier molecular flexibility index (Phi) is 7.63. The van der Waals surface area contributed by atoms with Crippen molar-refractivity contribution in [1.29, 1.82) is 0 Å². The minimum Gasteiger partial charge on any atom is -0.350 e. The number of nitrogens with zero attached hydrogens (tertiary/aromatic N) is 1. The zero-order valence-electron chi connectivity index (χ0n) is 17.7. The van der Waals surface area contributed by atoms with Crippen LogP contribution < -0.4 is 10.0 Å². The van der Waals surface area contributed by atoms with Crippen LogP contribution in [0.1, 0.15) is 42.7 Å². The van der Waals surface area contributed by atoms with E-state index in [9.17, 15) is 17.6 Å². The number of carbonyl (C=O) groups is 1. The average Bonchev–Trinajstić information content (AvgIpc) is 2.59. The summed E-state index contributed by atoms with van der Waals surface area (Å²) < 4.78 is 41.4. The summed E-state index contributed by atoms with van der Waals surface area (Å²) in [6, 6.07) is 10.00. The minimum atomic E-state index is -3.91. The van der Waals surface area contributed by atoms with Gasteiger partial charge in [-0.2, -0.15) is 0 Å². The molecule has 0 radical (unpaired) electrons. The third kappa shape index (κ3) is 6.50. The Bertz CT molecular complexity index is 1020. The van der Waals surface area contributed by atoms with Gasteiger partial charge < -0.3 is 10.2 Å². The molecule has 0 aliphatic rings. The van der Waals surface area contributed by atoms with Crippen LogP contribution in [0.3, 0.4) is 0 Å². The first kappa shape index (κ1) is 24.3. The maximum absolute atomic E-state index is 13.6. The molecule has 2 N–H and O–H groups in total. The number of halogens is 2. The van der Waals surface area contributed by atoms with Crippen molar-refractivity contribution in [2.45, 2.75) is 37.2 Å². The summed E-state index contributed by atoms with van der Waals surface area (Å²) in [6.07, 6.45) is 0. The van der Waals surface area contributed by atoms with Crippen LogP contribution in [0, 0.1) is 5.82 Å². The molecule has 164 valence electrons. The number of carbonyl (C=O) groups excluding carboxylic acids is 1. The number of sulfonamides is 1. The lowest BCUT2D eigenvalue weighted by molar-refractivity contribution is 0.0941. The first-order chi connectivity index (χ1) is 13.8. The normalized spacial score (nSPS) is 13.3. The third-order valence-electron chi connectivity index (χ3n) is 4.24. The largest absolute Gasteiger partial charge is 0.350 e. The molecule has 0 fully saturated rings. The summed E-state index contributed by atoms with van der Waals surface area (Å²) in [7, 11) is -0.256. The molecule has 0 saturated carbocycles. The maximum atomic E-state index is 13.6. The summed E-state index contributed by atoms with van der Waals surface area (Å²) in [4.78, 5) is 14.4. The number of rotatable bonds is 7. The second-order valence-corrected chi connectivity index (χ2v) is 10.3. The van der Waals surface area contributed by atoms with E-state index in [1.807, 2.05) is 19.0 Å².